The standard InChI is InChI=1S/C24H23FN4O5/c1-24(12-2-3-13-24)22(31)34-29-21(30)20-14-19(28-33-20)15-4-8-17(9-5-15)26-23(32)27-18-10-6-16(25)7-11-18/h4-11,14H,2-3,12-13H2,1H3,(H,29,30)(H2,26,27,32). The van der Waals surface area contributed by atoms with Crippen LogP contribution in [0.25, 0.3) is 11.3 Å². The van der Waals surface area contributed by atoms with E-state index in [4.69, 9.17) is 9.36 Å². The molecule has 4 rings (SSSR count). The summed E-state index contributed by atoms with van der Waals surface area (Å²) >= 11 is 0. The van der Waals surface area contributed by atoms with Crippen molar-refractivity contribution in [3.63, 3.8) is 0 Å². The lowest BCUT2D eigenvalue weighted by molar-refractivity contribution is -0.160. The first-order valence-corrected chi connectivity index (χ1v) is 10.7. The fourth-order valence-electron chi connectivity index (χ4n) is 3.69. The summed E-state index contributed by atoms with van der Waals surface area (Å²) in [5.41, 5.74) is 3.54. The van der Waals surface area contributed by atoms with E-state index in [1.165, 1.54) is 30.3 Å². The van der Waals surface area contributed by atoms with Crippen LogP contribution in [0.1, 0.15) is 43.2 Å². The fourth-order valence-corrected chi connectivity index (χ4v) is 3.69. The number of carbonyl (C=O) groups excluding carboxylic acids is 3. The molecule has 10 heteroatoms. The summed E-state index contributed by atoms with van der Waals surface area (Å²) in [5, 5.41) is 9.13. The number of urea groups is 1. The number of carbonyl (C=O) groups is 3. The molecule has 3 amide bonds. The first kappa shape index (κ1) is 23.0. The molecule has 1 aromatic heterocycles. The molecular formula is C24H23FN4O5. The highest BCUT2D eigenvalue weighted by molar-refractivity contribution is 5.99. The van der Waals surface area contributed by atoms with Crippen LogP contribution < -0.4 is 16.1 Å². The monoisotopic (exact) mass is 466 g/mol. The lowest BCUT2D eigenvalue weighted by atomic mass is 9.89. The number of nitrogens with zero attached hydrogens (tertiary/aromatic N) is 1. The Morgan fingerprint density at radius 1 is 0.971 bits per heavy atom. The predicted octanol–water partition coefficient (Wildman–Crippen LogP) is 4.89. The summed E-state index contributed by atoms with van der Waals surface area (Å²) in [4.78, 5) is 41.5. The minimum absolute atomic E-state index is 0.111. The Balaban J connectivity index is 1.31. The third-order valence-electron chi connectivity index (χ3n) is 5.71. The molecule has 176 valence electrons. The van der Waals surface area contributed by atoms with E-state index in [0.717, 1.165) is 25.7 Å². The zero-order valence-electron chi connectivity index (χ0n) is 18.4. The van der Waals surface area contributed by atoms with Gasteiger partial charge in [0, 0.05) is 23.0 Å². The van der Waals surface area contributed by atoms with E-state index in [0.29, 0.717) is 22.6 Å². The molecule has 0 bridgehead atoms. The van der Waals surface area contributed by atoms with Gasteiger partial charge in [-0.3, -0.25) is 4.79 Å². The lowest BCUT2D eigenvalue weighted by Crippen LogP contribution is -2.34. The van der Waals surface area contributed by atoms with Gasteiger partial charge in [0.2, 0.25) is 5.76 Å². The van der Waals surface area contributed by atoms with Gasteiger partial charge in [-0.2, -0.15) is 5.48 Å². The van der Waals surface area contributed by atoms with Crippen molar-refractivity contribution in [2.75, 3.05) is 10.6 Å². The number of rotatable bonds is 5. The van der Waals surface area contributed by atoms with Gasteiger partial charge in [0.05, 0.1) is 5.41 Å². The second-order valence-corrected chi connectivity index (χ2v) is 8.33. The molecule has 0 aliphatic heterocycles. The topological polar surface area (TPSA) is 123 Å². The summed E-state index contributed by atoms with van der Waals surface area (Å²) in [6.45, 7) is 1.83. The molecule has 1 aliphatic carbocycles. The van der Waals surface area contributed by atoms with Gasteiger partial charge >= 0.3 is 17.9 Å². The van der Waals surface area contributed by atoms with Crippen LogP contribution in [0.15, 0.2) is 59.1 Å². The molecule has 3 N–H and O–H groups in total. The Morgan fingerprint density at radius 3 is 2.18 bits per heavy atom. The van der Waals surface area contributed by atoms with Crippen LogP contribution in [0.2, 0.25) is 0 Å². The molecular weight excluding hydrogens is 443 g/mol. The molecule has 0 radical (unpaired) electrons. The maximum Gasteiger partial charge on any atom is 0.338 e. The first-order chi connectivity index (χ1) is 16.3. The maximum absolute atomic E-state index is 13.0. The normalized spacial score (nSPS) is 14.3. The largest absolute Gasteiger partial charge is 0.350 e. The molecule has 0 atom stereocenters. The van der Waals surface area contributed by atoms with Gasteiger partial charge < -0.3 is 20.0 Å². The van der Waals surface area contributed by atoms with Crippen molar-refractivity contribution in [1.82, 2.24) is 10.6 Å². The Morgan fingerprint density at radius 2 is 1.56 bits per heavy atom. The predicted molar refractivity (Wildman–Crippen MR) is 121 cm³/mol. The first-order valence-electron chi connectivity index (χ1n) is 10.7. The number of benzene rings is 2. The van der Waals surface area contributed by atoms with E-state index in [1.54, 1.807) is 24.3 Å². The van der Waals surface area contributed by atoms with Crippen LogP contribution in [0.4, 0.5) is 20.6 Å². The molecule has 3 aromatic rings. The number of hydrogen-bond donors (Lipinski definition) is 3. The van der Waals surface area contributed by atoms with E-state index in [1.807, 2.05) is 6.92 Å². The van der Waals surface area contributed by atoms with Crippen LogP contribution in [0.5, 0.6) is 0 Å². The third kappa shape index (κ3) is 5.40. The lowest BCUT2D eigenvalue weighted by Gasteiger charge is -2.19. The third-order valence-corrected chi connectivity index (χ3v) is 5.71. The smallest absolute Gasteiger partial charge is 0.338 e. The number of hydroxylamine groups is 1. The van der Waals surface area contributed by atoms with E-state index in [-0.39, 0.29) is 5.76 Å². The van der Waals surface area contributed by atoms with E-state index in [2.05, 4.69) is 21.3 Å². The average molecular weight is 466 g/mol. The van der Waals surface area contributed by atoms with Crippen LogP contribution >= 0.6 is 0 Å². The van der Waals surface area contributed by atoms with E-state index in [9.17, 15) is 18.8 Å². The SMILES string of the molecule is CC1(C(=O)ONC(=O)c2cc(-c3ccc(NC(=O)Nc4ccc(F)cc4)cc3)no2)CCCC1. The molecule has 0 unspecified atom stereocenters. The number of hydrogen-bond acceptors (Lipinski definition) is 6. The van der Waals surface area contributed by atoms with Crippen LogP contribution in [-0.2, 0) is 9.63 Å². The maximum atomic E-state index is 13.0. The van der Waals surface area contributed by atoms with E-state index < -0.39 is 29.1 Å². The summed E-state index contributed by atoms with van der Waals surface area (Å²) in [5.74, 6) is -1.69. The van der Waals surface area contributed by atoms with Crippen molar-refractivity contribution >= 4 is 29.3 Å². The zero-order chi connectivity index (χ0) is 24.1. The quantitative estimate of drug-likeness (QED) is 0.460. The molecule has 0 saturated heterocycles. The number of nitrogens with one attached hydrogen (secondary N) is 3. The minimum atomic E-state index is -0.718. The van der Waals surface area contributed by atoms with Gasteiger partial charge in [0.1, 0.15) is 11.5 Å². The van der Waals surface area contributed by atoms with Gasteiger partial charge in [-0.1, -0.05) is 30.1 Å². The van der Waals surface area contributed by atoms with Crippen molar-refractivity contribution in [2.24, 2.45) is 5.41 Å². The number of amides is 3. The summed E-state index contributed by atoms with van der Waals surface area (Å²) in [7, 11) is 0. The molecule has 34 heavy (non-hydrogen) atoms. The highest BCUT2D eigenvalue weighted by atomic mass is 19.1. The molecule has 9 nitrogen and oxygen atoms in total. The molecule has 1 fully saturated rings. The molecule has 1 heterocycles. The van der Waals surface area contributed by atoms with Crippen LogP contribution in [0, 0.1) is 11.2 Å². The number of aromatic nitrogens is 1. The highest BCUT2D eigenvalue weighted by Gasteiger charge is 2.38. The van der Waals surface area contributed by atoms with Crippen molar-refractivity contribution in [3.8, 4) is 11.3 Å². The number of halogens is 1. The fraction of sp³-hybridized carbons (Fsp3) is 0.250. The molecule has 2 aromatic carbocycles. The van der Waals surface area contributed by atoms with Crippen molar-refractivity contribution in [2.45, 2.75) is 32.6 Å². The van der Waals surface area contributed by atoms with Crippen LogP contribution in [-0.4, -0.2) is 23.1 Å². The summed E-state index contributed by atoms with van der Waals surface area (Å²) in [6, 6.07) is 13.0. The summed E-state index contributed by atoms with van der Waals surface area (Å²) in [6.07, 6.45) is 3.37. The van der Waals surface area contributed by atoms with Crippen molar-refractivity contribution in [1.29, 1.82) is 0 Å². The zero-order valence-corrected chi connectivity index (χ0v) is 18.4. The van der Waals surface area contributed by atoms with Gasteiger partial charge in [-0.25, -0.2) is 14.0 Å². The summed E-state index contributed by atoms with van der Waals surface area (Å²) < 4.78 is 18.0. The van der Waals surface area contributed by atoms with Gasteiger partial charge in [-0.05, 0) is 56.2 Å². The average Bonchev–Trinajstić information content (AvgIpc) is 3.50. The van der Waals surface area contributed by atoms with Crippen molar-refractivity contribution in [3.05, 3.63) is 66.2 Å². The Kier molecular flexibility index (Phi) is 6.58. The van der Waals surface area contributed by atoms with Gasteiger partial charge in [0.25, 0.3) is 0 Å². The highest BCUT2D eigenvalue weighted by Crippen LogP contribution is 2.38. The minimum Gasteiger partial charge on any atom is -0.350 e. The Labute approximate surface area is 194 Å². The second kappa shape index (κ2) is 9.74. The second-order valence-electron chi connectivity index (χ2n) is 8.33. The Hall–Kier alpha value is -4.21. The molecule has 0 spiro atoms. The molecule has 1 saturated carbocycles. The van der Waals surface area contributed by atoms with Gasteiger partial charge in [0.15, 0.2) is 0 Å². The van der Waals surface area contributed by atoms with E-state index >= 15 is 0 Å². The molecule has 1 aliphatic rings. The van der Waals surface area contributed by atoms with Gasteiger partial charge in [-0.15, -0.1) is 0 Å². The number of anilines is 2. The van der Waals surface area contributed by atoms with Crippen molar-refractivity contribution < 1.29 is 28.1 Å². The van der Waals surface area contributed by atoms with Crippen LogP contribution in [0.3, 0.4) is 0 Å². The Bertz CT molecular complexity index is 1180.